The molecule has 1 aromatic rings. The van der Waals surface area contributed by atoms with E-state index in [0.29, 0.717) is 5.56 Å². The van der Waals surface area contributed by atoms with Crippen LogP contribution in [-0.4, -0.2) is 17.1 Å². The summed E-state index contributed by atoms with van der Waals surface area (Å²) in [6, 6.07) is 6.14. The third-order valence-electron chi connectivity index (χ3n) is 2.03. The minimum atomic E-state index is -0.647. The summed E-state index contributed by atoms with van der Waals surface area (Å²) in [6.45, 7) is 3.83. The summed E-state index contributed by atoms with van der Waals surface area (Å²) in [4.78, 5) is 11.2. The Bertz CT molecular complexity index is 350. The van der Waals surface area contributed by atoms with Gasteiger partial charge in [-0.15, -0.1) is 0 Å². The Morgan fingerprint density at radius 3 is 2.47 bits per heavy atom. The molecule has 0 aliphatic heterocycles. The highest BCUT2D eigenvalue weighted by atomic mass is 16.3. The molecule has 0 heterocycles. The molecule has 1 aromatic carbocycles. The fraction of sp³-hybridized carbons (Fsp3) is 0.364. The Kier molecular flexibility index (Phi) is 3.68. The standard InChI is InChI=1S/C11H16N2O2/c1-7(2)13-10(11(12)15)8-5-3-4-6-9(8)14/h3-7,10,13-14H,1-2H3,(H2,12,15). The van der Waals surface area contributed by atoms with Crippen LogP contribution in [0.1, 0.15) is 25.5 Å². The number of para-hydroxylation sites is 1. The molecule has 82 valence electrons. The first-order chi connectivity index (χ1) is 7.02. The smallest absolute Gasteiger partial charge is 0.239 e. The zero-order valence-electron chi connectivity index (χ0n) is 8.90. The van der Waals surface area contributed by atoms with Crippen molar-refractivity contribution in [2.45, 2.75) is 25.9 Å². The summed E-state index contributed by atoms with van der Waals surface area (Å²) < 4.78 is 0. The molecule has 4 heteroatoms. The van der Waals surface area contributed by atoms with Crippen molar-refractivity contribution in [2.75, 3.05) is 0 Å². The SMILES string of the molecule is CC(C)NC(C(N)=O)c1ccccc1O. The minimum Gasteiger partial charge on any atom is -0.508 e. The molecular formula is C11H16N2O2. The van der Waals surface area contributed by atoms with Crippen molar-refractivity contribution in [1.29, 1.82) is 0 Å². The number of amides is 1. The lowest BCUT2D eigenvalue weighted by atomic mass is 10.0. The largest absolute Gasteiger partial charge is 0.508 e. The summed E-state index contributed by atoms with van der Waals surface area (Å²) in [5, 5.41) is 12.6. The Hall–Kier alpha value is -1.55. The van der Waals surface area contributed by atoms with Crippen molar-refractivity contribution in [3.63, 3.8) is 0 Å². The van der Waals surface area contributed by atoms with Gasteiger partial charge in [0.05, 0.1) is 0 Å². The Morgan fingerprint density at radius 1 is 1.40 bits per heavy atom. The van der Waals surface area contributed by atoms with Gasteiger partial charge in [0.2, 0.25) is 5.91 Å². The van der Waals surface area contributed by atoms with Gasteiger partial charge in [-0.3, -0.25) is 10.1 Å². The van der Waals surface area contributed by atoms with E-state index in [-0.39, 0.29) is 11.8 Å². The molecular weight excluding hydrogens is 192 g/mol. The average molecular weight is 208 g/mol. The molecule has 0 saturated carbocycles. The Morgan fingerprint density at radius 2 is 2.00 bits per heavy atom. The summed E-state index contributed by atoms with van der Waals surface area (Å²) >= 11 is 0. The predicted octanol–water partition coefficient (Wildman–Crippen LogP) is 0.917. The molecule has 1 rings (SSSR count). The first kappa shape index (κ1) is 11.5. The number of phenolic OH excluding ortho intramolecular Hbond substituents is 1. The van der Waals surface area contributed by atoms with Crippen LogP contribution >= 0.6 is 0 Å². The second-order valence-electron chi connectivity index (χ2n) is 3.72. The number of hydrogen-bond acceptors (Lipinski definition) is 3. The van der Waals surface area contributed by atoms with E-state index in [4.69, 9.17) is 5.73 Å². The van der Waals surface area contributed by atoms with Crippen molar-refractivity contribution in [3.8, 4) is 5.75 Å². The van der Waals surface area contributed by atoms with Crippen LogP contribution in [0.3, 0.4) is 0 Å². The number of primary amides is 1. The minimum absolute atomic E-state index is 0.0782. The molecule has 15 heavy (non-hydrogen) atoms. The van der Waals surface area contributed by atoms with Gasteiger partial charge in [0.25, 0.3) is 0 Å². The molecule has 0 spiro atoms. The van der Waals surface area contributed by atoms with E-state index in [0.717, 1.165) is 0 Å². The van der Waals surface area contributed by atoms with E-state index in [9.17, 15) is 9.90 Å². The lowest BCUT2D eigenvalue weighted by molar-refractivity contribution is -0.120. The van der Waals surface area contributed by atoms with Crippen molar-refractivity contribution < 1.29 is 9.90 Å². The molecule has 0 aliphatic rings. The quantitative estimate of drug-likeness (QED) is 0.688. The van der Waals surface area contributed by atoms with Crippen LogP contribution < -0.4 is 11.1 Å². The van der Waals surface area contributed by atoms with Gasteiger partial charge in [-0.05, 0) is 19.9 Å². The monoisotopic (exact) mass is 208 g/mol. The van der Waals surface area contributed by atoms with Crippen LogP contribution in [0, 0.1) is 0 Å². The first-order valence-corrected chi connectivity index (χ1v) is 4.85. The van der Waals surface area contributed by atoms with E-state index in [1.807, 2.05) is 13.8 Å². The maximum Gasteiger partial charge on any atom is 0.239 e. The van der Waals surface area contributed by atoms with Gasteiger partial charge in [0, 0.05) is 11.6 Å². The number of carbonyl (C=O) groups is 1. The molecule has 0 bridgehead atoms. The van der Waals surface area contributed by atoms with Crippen LogP contribution in [0.15, 0.2) is 24.3 Å². The molecule has 1 unspecified atom stereocenters. The van der Waals surface area contributed by atoms with Gasteiger partial charge in [0.1, 0.15) is 11.8 Å². The Labute approximate surface area is 89.1 Å². The number of carbonyl (C=O) groups excluding carboxylic acids is 1. The topological polar surface area (TPSA) is 75.3 Å². The van der Waals surface area contributed by atoms with E-state index in [1.165, 1.54) is 6.07 Å². The molecule has 1 atom stereocenters. The molecule has 0 fully saturated rings. The predicted molar refractivity (Wildman–Crippen MR) is 58.3 cm³/mol. The van der Waals surface area contributed by atoms with Gasteiger partial charge >= 0.3 is 0 Å². The van der Waals surface area contributed by atoms with Gasteiger partial charge in [0.15, 0.2) is 0 Å². The third-order valence-corrected chi connectivity index (χ3v) is 2.03. The number of phenols is 1. The number of aromatic hydroxyl groups is 1. The average Bonchev–Trinajstić information content (AvgIpc) is 2.15. The maximum absolute atomic E-state index is 11.2. The van der Waals surface area contributed by atoms with Gasteiger partial charge in [-0.2, -0.15) is 0 Å². The van der Waals surface area contributed by atoms with Crippen molar-refractivity contribution >= 4 is 5.91 Å². The van der Waals surface area contributed by atoms with Crippen LogP contribution in [0.5, 0.6) is 5.75 Å². The molecule has 4 nitrogen and oxygen atoms in total. The summed E-state index contributed by atoms with van der Waals surface area (Å²) in [5.74, 6) is -0.417. The summed E-state index contributed by atoms with van der Waals surface area (Å²) in [5.41, 5.74) is 5.79. The highest BCUT2D eigenvalue weighted by Gasteiger charge is 2.20. The van der Waals surface area contributed by atoms with Crippen molar-refractivity contribution in [3.05, 3.63) is 29.8 Å². The van der Waals surface area contributed by atoms with Crippen molar-refractivity contribution in [1.82, 2.24) is 5.32 Å². The normalized spacial score (nSPS) is 12.7. The number of benzene rings is 1. The van der Waals surface area contributed by atoms with E-state index >= 15 is 0 Å². The fourth-order valence-corrected chi connectivity index (χ4v) is 1.39. The number of nitrogens with one attached hydrogen (secondary N) is 1. The zero-order valence-corrected chi connectivity index (χ0v) is 8.90. The van der Waals surface area contributed by atoms with E-state index < -0.39 is 11.9 Å². The lowest BCUT2D eigenvalue weighted by Gasteiger charge is -2.19. The van der Waals surface area contributed by atoms with E-state index in [1.54, 1.807) is 18.2 Å². The molecule has 0 saturated heterocycles. The van der Waals surface area contributed by atoms with Gasteiger partial charge in [-0.25, -0.2) is 0 Å². The van der Waals surface area contributed by atoms with Crippen molar-refractivity contribution in [2.24, 2.45) is 5.73 Å². The lowest BCUT2D eigenvalue weighted by Crippen LogP contribution is -2.37. The highest BCUT2D eigenvalue weighted by molar-refractivity contribution is 5.82. The number of rotatable bonds is 4. The maximum atomic E-state index is 11.2. The molecule has 0 aromatic heterocycles. The van der Waals surface area contributed by atoms with Crippen LogP contribution in [0.25, 0.3) is 0 Å². The van der Waals surface area contributed by atoms with E-state index in [2.05, 4.69) is 5.32 Å². The van der Waals surface area contributed by atoms with Crippen LogP contribution in [0.2, 0.25) is 0 Å². The number of nitrogens with two attached hydrogens (primary N) is 1. The van der Waals surface area contributed by atoms with Gasteiger partial charge in [-0.1, -0.05) is 18.2 Å². The molecule has 0 aliphatic carbocycles. The van der Waals surface area contributed by atoms with Gasteiger partial charge < -0.3 is 10.8 Å². The summed E-state index contributed by atoms with van der Waals surface area (Å²) in [6.07, 6.45) is 0. The zero-order chi connectivity index (χ0) is 11.4. The highest BCUT2D eigenvalue weighted by Crippen LogP contribution is 2.23. The molecule has 4 N–H and O–H groups in total. The molecule has 1 amide bonds. The second-order valence-corrected chi connectivity index (χ2v) is 3.72. The summed E-state index contributed by atoms with van der Waals surface area (Å²) in [7, 11) is 0. The third kappa shape index (κ3) is 2.95. The Balaban J connectivity index is 2.99. The molecule has 0 radical (unpaired) electrons. The van der Waals surface area contributed by atoms with Crippen LogP contribution in [0.4, 0.5) is 0 Å². The van der Waals surface area contributed by atoms with Crippen LogP contribution in [-0.2, 0) is 4.79 Å². The second kappa shape index (κ2) is 4.79. The fourth-order valence-electron chi connectivity index (χ4n) is 1.39. The number of hydrogen-bond donors (Lipinski definition) is 3. The first-order valence-electron chi connectivity index (χ1n) is 4.85.